The molecule has 1 heterocycles. The van der Waals surface area contributed by atoms with Crippen LogP contribution in [-0.2, 0) is 0 Å². The molecule has 23 heavy (non-hydrogen) atoms. The molecule has 0 saturated heterocycles. The number of nitrogens with zero attached hydrogens (tertiary/aromatic N) is 3. The van der Waals surface area contributed by atoms with Crippen LogP contribution >= 0.6 is 0 Å². The van der Waals surface area contributed by atoms with Gasteiger partial charge in [-0.3, -0.25) is 0 Å². The van der Waals surface area contributed by atoms with E-state index in [2.05, 4.69) is 35.8 Å². The van der Waals surface area contributed by atoms with Crippen LogP contribution in [0.3, 0.4) is 0 Å². The molecule has 2 rings (SSSR count). The molecular weight excluding hydrogens is 282 g/mol. The fraction of sp³-hybridized carbons (Fsp3) is 0.0500. The topological polar surface area (TPSA) is 49.6 Å². The van der Waals surface area contributed by atoms with E-state index in [0.29, 0.717) is 22.6 Å². The lowest BCUT2D eigenvalue weighted by Gasteiger charge is -2.12. The Balaban J connectivity index is 2.80. The molecule has 1 aromatic heterocycles. The van der Waals surface area contributed by atoms with E-state index in [4.69, 9.17) is 5.26 Å². The number of allylic oxidation sites excluding steroid dienone is 3. The second-order valence-electron chi connectivity index (χ2n) is 4.88. The van der Waals surface area contributed by atoms with Gasteiger partial charge in [0, 0.05) is 5.56 Å². The van der Waals surface area contributed by atoms with Gasteiger partial charge in [0.05, 0.1) is 34.4 Å². The summed E-state index contributed by atoms with van der Waals surface area (Å²) >= 11 is 0. The number of aromatic nitrogens is 2. The Kier molecular flexibility index (Phi) is 5.01. The zero-order valence-corrected chi connectivity index (χ0v) is 13.1. The Morgan fingerprint density at radius 1 is 1.13 bits per heavy atom. The Morgan fingerprint density at radius 3 is 2.43 bits per heavy atom. The van der Waals surface area contributed by atoms with Crippen molar-refractivity contribution in [1.29, 1.82) is 5.26 Å². The highest BCUT2D eigenvalue weighted by Crippen LogP contribution is 2.28. The SMILES string of the molecule is C=C/C=C(\C)c1nc(C=C)c(C=C)nc1-c1cccc(C#N)c1. The van der Waals surface area contributed by atoms with E-state index in [0.717, 1.165) is 16.8 Å². The lowest BCUT2D eigenvalue weighted by Crippen LogP contribution is -2.02. The first-order valence-electron chi connectivity index (χ1n) is 7.11. The number of rotatable bonds is 5. The highest BCUT2D eigenvalue weighted by Gasteiger charge is 2.14. The summed E-state index contributed by atoms with van der Waals surface area (Å²) in [6, 6.07) is 9.45. The van der Waals surface area contributed by atoms with E-state index in [1.807, 2.05) is 25.1 Å². The smallest absolute Gasteiger partial charge is 0.0991 e. The molecule has 0 atom stereocenters. The van der Waals surface area contributed by atoms with Gasteiger partial charge in [0.15, 0.2) is 0 Å². The van der Waals surface area contributed by atoms with E-state index in [-0.39, 0.29) is 0 Å². The van der Waals surface area contributed by atoms with Crippen LogP contribution in [0.4, 0.5) is 0 Å². The van der Waals surface area contributed by atoms with Gasteiger partial charge in [0.1, 0.15) is 0 Å². The lowest BCUT2D eigenvalue weighted by atomic mass is 10.0. The maximum absolute atomic E-state index is 9.11. The molecule has 0 aliphatic heterocycles. The van der Waals surface area contributed by atoms with Crippen molar-refractivity contribution in [2.45, 2.75) is 6.92 Å². The average molecular weight is 299 g/mol. The summed E-state index contributed by atoms with van der Waals surface area (Å²) in [5.41, 5.74) is 5.12. The molecule has 0 N–H and O–H groups in total. The lowest BCUT2D eigenvalue weighted by molar-refractivity contribution is 1.13. The van der Waals surface area contributed by atoms with Crippen molar-refractivity contribution in [1.82, 2.24) is 9.97 Å². The minimum atomic E-state index is 0.577. The molecule has 0 aliphatic carbocycles. The van der Waals surface area contributed by atoms with Crippen molar-refractivity contribution in [3.05, 3.63) is 78.8 Å². The second kappa shape index (κ2) is 7.15. The molecule has 0 spiro atoms. The number of nitriles is 1. The third-order valence-electron chi connectivity index (χ3n) is 3.34. The van der Waals surface area contributed by atoms with Gasteiger partial charge >= 0.3 is 0 Å². The predicted octanol–water partition coefficient (Wildman–Crippen LogP) is 4.89. The summed E-state index contributed by atoms with van der Waals surface area (Å²) in [5, 5.41) is 9.11. The van der Waals surface area contributed by atoms with E-state index >= 15 is 0 Å². The Bertz CT molecular complexity index is 852. The van der Waals surface area contributed by atoms with Gasteiger partial charge in [0.25, 0.3) is 0 Å². The summed E-state index contributed by atoms with van der Waals surface area (Å²) in [7, 11) is 0. The zero-order chi connectivity index (χ0) is 16.8. The maximum atomic E-state index is 9.11. The Morgan fingerprint density at radius 2 is 1.83 bits per heavy atom. The van der Waals surface area contributed by atoms with E-state index in [1.165, 1.54) is 0 Å². The van der Waals surface area contributed by atoms with Gasteiger partial charge in [-0.2, -0.15) is 5.26 Å². The number of hydrogen-bond donors (Lipinski definition) is 0. The molecular formula is C20H17N3. The standard InChI is InChI=1S/C20H17N3/c1-5-9-14(4)19-20(16-11-8-10-15(12-16)13-21)23-18(7-3)17(6-2)22-19/h5-12H,1-3H2,4H3/b14-9+. The largest absolute Gasteiger partial charge is 0.244 e. The fourth-order valence-corrected chi connectivity index (χ4v) is 2.23. The molecule has 0 unspecified atom stereocenters. The predicted molar refractivity (Wildman–Crippen MR) is 96.2 cm³/mol. The van der Waals surface area contributed by atoms with Crippen molar-refractivity contribution in [3.63, 3.8) is 0 Å². The molecule has 3 nitrogen and oxygen atoms in total. The van der Waals surface area contributed by atoms with Gasteiger partial charge < -0.3 is 0 Å². The summed E-state index contributed by atoms with van der Waals surface area (Å²) in [6.07, 6.45) is 6.89. The normalized spacial score (nSPS) is 10.7. The van der Waals surface area contributed by atoms with Gasteiger partial charge in [0.2, 0.25) is 0 Å². The van der Waals surface area contributed by atoms with Crippen LogP contribution in [-0.4, -0.2) is 9.97 Å². The van der Waals surface area contributed by atoms with Crippen molar-refractivity contribution in [2.75, 3.05) is 0 Å². The molecule has 0 amide bonds. The molecule has 0 bridgehead atoms. The zero-order valence-electron chi connectivity index (χ0n) is 13.1. The first-order valence-corrected chi connectivity index (χ1v) is 7.11. The van der Waals surface area contributed by atoms with Crippen LogP contribution in [0.5, 0.6) is 0 Å². The van der Waals surface area contributed by atoms with Crippen LogP contribution in [0.1, 0.15) is 29.6 Å². The molecule has 0 aliphatic rings. The van der Waals surface area contributed by atoms with Crippen LogP contribution in [0.25, 0.3) is 29.0 Å². The second-order valence-corrected chi connectivity index (χ2v) is 4.88. The van der Waals surface area contributed by atoms with Crippen molar-refractivity contribution >= 4 is 17.7 Å². The van der Waals surface area contributed by atoms with E-state index < -0.39 is 0 Å². The first kappa shape index (κ1) is 16.1. The molecule has 1 aromatic carbocycles. The Labute approximate surface area is 136 Å². The van der Waals surface area contributed by atoms with Crippen LogP contribution in [0, 0.1) is 11.3 Å². The maximum Gasteiger partial charge on any atom is 0.0991 e. The van der Waals surface area contributed by atoms with E-state index in [9.17, 15) is 0 Å². The van der Waals surface area contributed by atoms with Crippen molar-refractivity contribution < 1.29 is 0 Å². The molecule has 2 aromatic rings. The van der Waals surface area contributed by atoms with Crippen LogP contribution < -0.4 is 0 Å². The van der Waals surface area contributed by atoms with Crippen LogP contribution in [0.2, 0.25) is 0 Å². The fourth-order valence-electron chi connectivity index (χ4n) is 2.23. The first-order chi connectivity index (χ1) is 11.1. The highest BCUT2D eigenvalue weighted by molar-refractivity contribution is 5.78. The molecule has 112 valence electrons. The quantitative estimate of drug-likeness (QED) is 0.738. The third-order valence-corrected chi connectivity index (χ3v) is 3.34. The molecule has 0 radical (unpaired) electrons. The van der Waals surface area contributed by atoms with Crippen molar-refractivity contribution in [3.8, 4) is 17.3 Å². The Hall–Kier alpha value is -3.25. The summed E-state index contributed by atoms with van der Waals surface area (Å²) in [4.78, 5) is 9.34. The molecule has 0 saturated carbocycles. The van der Waals surface area contributed by atoms with Crippen LogP contribution in [0.15, 0.2) is 56.2 Å². The van der Waals surface area contributed by atoms with E-state index in [1.54, 1.807) is 30.4 Å². The number of hydrogen-bond acceptors (Lipinski definition) is 3. The monoisotopic (exact) mass is 299 g/mol. The van der Waals surface area contributed by atoms with Gasteiger partial charge in [-0.1, -0.05) is 44.0 Å². The molecule has 0 fully saturated rings. The highest BCUT2D eigenvalue weighted by atomic mass is 14.8. The van der Waals surface area contributed by atoms with Gasteiger partial charge in [-0.15, -0.1) is 0 Å². The summed E-state index contributed by atoms with van der Waals surface area (Å²) in [5.74, 6) is 0. The summed E-state index contributed by atoms with van der Waals surface area (Å²) < 4.78 is 0. The minimum absolute atomic E-state index is 0.577. The van der Waals surface area contributed by atoms with Crippen molar-refractivity contribution in [2.24, 2.45) is 0 Å². The van der Waals surface area contributed by atoms with Gasteiger partial charge in [-0.25, -0.2) is 9.97 Å². The minimum Gasteiger partial charge on any atom is -0.244 e. The average Bonchev–Trinajstić information content (AvgIpc) is 2.60. The molecule has 3 heteroatoms. The third kappa shape index (κ3) is 3.33. The summed E-state index contributed by atoms with van der Waals surface area (Å²) in [6.45, 7) is 13.2. The number of benzene rings is 1. The van der Waals surface area contributed by atoms with Gasteiger partial charge in [-0.05, 0) is 36.8 Å².